The Morgan fingerprint density at radius 2 is 1.87 bits per heavy atom. The van der Waals surface area contributed by atoms with Gasteiger partial charge in [0.25, 0.3) is 11.6 Å². The van der Waals surface area contributed by atoms with Crippen molar-refractivity contribution < 1.29 is 19.2 Å². The summed E-state index contributed by atoms with van der Waals surface area (Å²) in [5.74, 6) is 0.342. The summed E-state index contributed by atoms with van der Waals surface area (Å²) >= 11 is 0. The molecule has 0 bridgehead atoms. The lowest BCUT2D eigenvalue weighted by Crippen LogP contribution is -2.47. The molecule has 1 aromatic carbocycles. The standard InChI is InChI=1S/C15H19N3O5/c1-16-3-5-17(6-4-16)15(19)12-9-11(18(20)21)10-13-14(12)23-8-2-7-22-13/h9-10H,2-8H2,1H3. The van der Waals surface area contributed by atoms with Crippen LogP contribution in [0.15, 0.2) is 12.1 Å². The van der Waals surface area contributed by atoms with Crippen LogP contribution >= 0.6 is 0 Å². The number of fused-ring (bicyclic) bond motifs is 1. The molecule has 0 unspecified atom stereocenters. The van der Waals surface area contributed by atoms with E-state index in [2.05, 4.69) is 4.90 Å². The molecule has 2 aliphatic rings. The number of carbonyl (C=O) groups excluding carboxylic acids is 1. The molecule has 0 aliphatic carbocycles. The molecule has 0 saturated carbocycles. The van der Waals surface area contributed by atoms with Crippen LogP contribution < -0.4 is 9.47 Å². The summed E-state index contributed by atoms with van der Waals surface area (Å²) in [6.07, 6.45) is 0.671. The third kappa shape index (κ3) is 3.21. The Kier molecular flexibility index (Phi) is 4.33. The number of carbonyl (C=O) groups is 1. The van der Waals surface area contributed by atoms with Crippen molar-refractivity contribution >= 4 is 11.6 Å². The second-order valence-corrected chi connectivity index (χ2v) is 5.72. The van der Waals surface area contributed by atoms with E-state index in [1.807, 2.05) is 7.05 Å². The number of amides is 1. The molecule has 3 rings (SSSR count). The van der Waals surface area contributed by atoms with E-state index in [4.69, 9.17) is 9.47 Å². The second-order valence-electron chi connectivity index (χ2n) is 5.72. The van der Waals surface area contributed by atoms with Crippen molar-refractivity contribution in [1.29, 1.82) is 0 Å². The Balaban J connectivity index is 1.97. The number of benzene rings is 1. The van der Waals surface area contributed by atoms with Gasteiger partial charge in [-0.25, -0.2) is 0 Å². The van der Waals surface area contributed by atoms with Gasteiger partial charge in [0.05, 0.1) is 29.8 Å². The average molecular weight is 321 g/mol. The third-order valence-electron chi connectivity index (χ3n) is 4.06. The van der Waals surface area contributed by atoms with Gasteiger partial charge in [-0.2, -0.15) is 0 Å². The van der Waals surface area contributed by atoms with E-state index in [1.54, 1.807) is 4.90 Å². The van der Waals surface area contributed by atoms with E-state index < -0.39 is 4.92 Å². The number of hydrogen-bond acceptors (Lipinski definition) is 6. The van der Waals surface area contributed by atoms with Crippen LogP contribution in [0, 0.1) is 10.1 Å². The quantitative estimate of drug-likeness (QED) is 0.600. The largest absolute Gasteiger partial charge is 0.489 e. The number of ether oxygens (including phenoxy) is 2. The van der Waals surface area contributed by atoms with Crippen molar-refractivity contribution in [3.8, 4) is 11.5 Å². The number of rotatable bonds is 2. The highest BCUT2D eigenvalue weighted by atomic mass is 16.6. The molecule has 124 valence electrons. The summed E-state index contributed by atoms with van der Waals surface area (Å²) in [6.45, 7) is 3.58. The lowest BCUT2D eigenvalue weighted by Gasteiger charge is -2.32. The van der Waals surface area contributed by atoms with Gasteiger partial charge >= 0.3 is 0 Å². The molecule has 23 heavy (non-hydrogen) atoms. The number of hydrogen-bond donors (Lipinski definition) is 0. The summed E-state index contributed by atoms with van der Waals surface area (Å²) in [6, 6.07) is 2.61. The van der Waals surface area contributed by atoms with Gasteiger partial charge in [-0.1, -0.05) is 0 Å². The zero-order valence-corrected chi connectivity index (χ0v) is 13.0. The second kappa shape index (κ2) is 6.41. The molecule has 0 N–H and O–H groups in total. The fourth-order valence-electron chi connectivity index (χ4n) is 2.70. The van der Waals surface area contributed by atoms with Gasteiger partial charge < -0.3 is 19.3 Å². The minimum atomic E-state index is -0.519. The molecule has 8 nitrogen and oxygen atoms in total. The van der Waals surface area contributed by atoms with E-state index in [0.29, 0.717) is 38.5 Å². The first-order chi connectivity index (χ1) is 11.1. The van der Waals surface area contributed by atoms with E-state index >= 15 is 0 Å². The molecule has 1 fully saturated rings. The van der Waals surface area contributed by atoms with Crippen LogP contribution in [0.25, 0.3) is 0 Å². The SMILES string of the molecule is CN1CCN(C(=O)c2cc([N+](=O)[O-])cc3c2OCCCO3)CC1. The molecular formula is C15H19N3O5. The molecule has 2 aliphatic heterocycles. The van der Waals surface area contributed by atoms with Crippen LogP contribution in [0.3, 0.4) is 0 Å². The van der Waals surface area contributed by atoms with Crippen molar-refractivity contribution in [2.45, 2.75) is 6.42 Å². The molecular weight excluding hydrogens is 302 g/mol. The maximum Gasteiger partial charge on any atom is 0.274 e. The molecule has 0 radical (unpaired) electrons. The minimum absolute atomic E-state index is 0.160. The molecule has 1 amide bonds. The highest BCUT2D eigenvalue weighted by Crippen LogP contribution is 2.38. The smallest absolute Gasteiger partial charge is 0.274 e. The molecule has 1 saturated heterocycles. The number of nitro groups is 1. The van der Waals surface area contributed by atoms with E-state index in [1.165, 1.54) is 12.1 Å². The Hall–Kier alpha value is -2.35. The minimum Gasteiger partial charge on any atom is -0.489 e. The Bertz CT molecular complexity index is 626. The van der Waals surface area contributed by atoms with Crippen LogP contribution in [-0.2, 0) is 0 Å². The molecule has 0 spiro atoms. The van der Waals surface area contributed by atoms with Gasteiger partial charge in [0.1, 0.15) is 0 Å². The molecule has 8 heteroatoms. The maximum atomic E-state index is 12.8. The van der Waals surface area contributed by atoms with E-state index in [9.17, 15) is 14.9 Å². The highest BCUT2D eigenvalue weighted by molar-refractivity contribution is 5.98. The number of nitro benzene ring substituents is 1. The zero-order valence-electron chi connectivity index (χ0n) is 13.0. The van der Waals surface area contributed by atoms with Gasteiger partial charge in [-0.05, 0) is 7.05 Å². The normalized spacial score (nSPS) is 18.4. The number of non-ortho nitro benzene ring substituents is 1. The summed E-state index contributed by atoms with van der Waals surface area (Å²) in [5.41, 5.74) is 0.0485. The fourth-order valence-corrected chi connectivity index (χ4v) is 2.70. The number of likely N-dealkylation sites (N-methyl/N-ethyl adjacent to an activating group) is 1. The molecule has 1 aromatic rings. The fraction of sp³-hybridized carbons (Fsp3) is 0.533. The highest BCUT2D eigenvalue weighted by Gasteiger charge is 2.29. The molecule has 2 heterocycles. The van der Waals surface area contributed by atoms with Crippen molar-refractivity contribution in [2.24, 2.45) is 0 Å². The van der Waals surface area contributed by atoms with E-state index in [0.717, 1.165) is 13.1 Å². The Labute approximate surface area is 133 Å². The summed E-state index contributed by atoms with van der Waals surface area (Å²) < 4.78 is 11.2. The summed E-state index contributed by atoms with van der Waals surface area (Å²) in [5, 5.41) is 11.1. The Morgan fingerprint density at radius 1 is 1.17 bits per heavy atom. The first-order valence-corrected chi connectivity index (χ1v) is 7.62. The van der Waals surface area contributed by atoms with Crippen molar-refractivity contribution in [2.75, 3.05) is 46.4 Å². The monoisotopic (exact) mass is 321 g/mol. The van der Waals surface area contributed by atoms with Crippen LogP contribution in [0.4, 0.5) is 5.69 Å². The van der Waals surface area contributed by atoms with Gasteiger partial charge in [-0.3, -0.25) is 14.9 Å². The summed E-state index contributed by atoms with van der Waals surface area (Å²) in [4.78, 5) is 27.3. The lowest BCUT2D eigenvalue weighted by molar-refractivity contribution is -0.385. The first-order valence-electron chi connectivity index (χ1n) is 7.62. The summed E-state index contributed by atoms with van der Waals surface area (Å²) in [7, 11) is 2.00. The van der Waals surface area contributed by atoms with Crippen LogP contribution in [0.5, 0.6) is 11.5 Å². The van der Waals surface area contributed by atoms with Gasteiger partial charge in [-0.15, -0.1) is 0 Å². The van der Waals surface area contributed by atoms with Gasteiger partial charge in [0.2, 0.25) is 0 Å². The Morgan fingerprint density at radius 3 is 2.57 bits per heavy atom. The van der Waals surface area contributed by atoms with E-state index in [-0.39, 0.29) is 22.9 Å². The number of nitrogens with zero attached hydrogens (tertiary/aromatic N) is 3. The molecule has 0 atom stereocenters. The van der Waals surface area contributed by atoms with Crippen LogP contribution in [0.1, 0.15) is 16.8 Å². The van der Waals surface area contributed by atoms with Crippen molar-refractivity contribution in [3.05, 3.63) is 27.8 Å². The topological polar surface area (TPSA) is 85.2 Å². The van der Waals surface area contributed by atoms with Gasteiger partial charge in [0, 0.05) is 38.7 Å². The third-order valence-corrected chi connectivity index (χ3v) is 4.06. The number of piperazine rings is 1. The average Bonchev–Trinajstić information content (AvgIpc) is 2.79. The van der Waals surface area contributed by atoms with Crippen LogP contribution in [0.2, 0.25) is 0 Å². The van der Waals surface area contributed by atoms with Crippen molar-refractivity contribution in [1.82, 2.24) is 9.80 Å². The first kappa shape index (κ1) is 15.5. The van der Waals surface area contributed by atoms with Crippen molar-refractivity contribution in [3.63, 3.8) is 0 Å². The predicted molar refractivity (Wildman–Crippen MR) is 82.1 cm³/mol. The zero-order chi connectivity index (χ0) is 16.4. The molecule has 0 aromatic heterocycles. The van der Waals surface area contributed by atoms with Crippen LogP contribution in [-0.4, -0.2) is 67.1 Å². The van der Waals surface area contributed by atoms with Gasteiger partial charge in [0.15, 0.2) is 11.5 Å². The predicted octanol–water partition coefficient (Wildman–Crippen LogP) is 1.14. The maximum absolute atomic E-state index is 12.8. The lowest BCUT2D eigenvalue weighted by atomic mass is 10.1.